The van der Waals surface area contributed by atoms with E-state index in [1.165, 1.54) is 11.1 Å². The molecule has 0 amide bonds. The molecule has 2 aliphatic rings. The number of rotatable bonds is 8. The van der Waals surface area contributed by atoms with Crippen molar-refractivity contribution in [2.75, 3.05) is 48.5 Å². The second-order valence-corrected chi connectivity index (χ2v) is 11.6. The van der Waals surface area contributed by atoms with Crippen LogP contribution in [0.3, 0.4) is 0 Å². The van der Waals surface area contributed by atoms with Crippen LogP contribution >= 0.6 is 11.6 Å². The molecular weight excluding hydrogens is 547 g/mol. The molecule has 210 valence electrons. The number of hydrogen-bond donors (Lipinski definition) is 4. The number of benzene rings is 1. The van der Waals surface area contributed by atoms with Crippen molar-refractivity contribution in [3.05, 3.63) is 28.9 Å². The van der Waals surface area contributed by atoms with E-state index in [4.69, 9.17) is 16.3 Å². The fraction of sp³-hybridized carbons (Fsp3) is 0.565. The molecule has 4 rings (SSSR count). The minimum Gasteiger partial charge on any atom is -0.482 e. The normalized spacial score (nSPS) is 20.2. The van der Waals surface area contributed by atoms with Gasteiger partial charge in [0.05, 0.1) is 18.1 Å². The minimum absolute atomic E-state index is 0.0341. The van der Waals surface area contributed by atoms with Gasteiger partial charge in [-0.1, -0.05) is 24.4 Å². The standard InChI is InChI=1S/C23H31ClF3N7O3S/c1-34(19-10-18-14(11-28-7-8-29-18)9-20(19)37-13-23(25,26)27)22-30-12-15(24)21(32-22)31-16-5-3-4-6-17(16)33-38(2,35)36/h9-10,12,16-17,28-29,33H,3-8,11,13H2,1-2H3,(H,30,31,32)/t16-,17-/m1/s1. The van der Waals surface area contributed by atoms with Crippen molar-refractivity contribution in [3.63, 3.8) is 0 Å². The zero-order valence-corrected chi connectivity index (χ0v) is 22.6. The number of alkyl halides is 3. The van der Waals surface area contributed by atoms with Crippen molar-refractivity contribution in [3.8, 4) is 5.75 Å². The number of anilines is 4. The molecular formula is C23H31ClF3N7O3S. The van der Waals surface area contributed by atoms with Gasteiger partial charge in [-0.25, -0.2) is 18.1 Å². The third-order valence-corrected chi connectivity index (χ3v) is 7.36. The van der Waals surface area contributed by atoms with Gasteiger partial charge in [0.1, 0.15) is 10.8 Å². The SMILES string of the molecule is CN(c1ncc(Cl)c(N[C@@H]2CCCC[C@H]2NS(C)(=O)=O)n1)c1cc2c(cc1OCC(F)(F)F)CNCCN2. The largest absolute Gasteiger partial charge is 0.482 e. The second-order valence-electron chi connectivity index (χ2n) is 9.44. The van der Waals surface area contributed by atoms with Crippen LogP contribution in [0.1, 0.15) is 31.2 Å². The molecule has 2 aromatic rings. The van der Waals surface area contributed by atoms with Gasteiger partial charge in [-0.05, 0) is 30.5 Å². The van der Waals surface area contributed by atoms with Crippen molar-refractivity contribution < 1.29 is 26.3 Å². The summed E-state index contributed by atoms with van der Waals surface area (Å²) in [6, 6.07) is 2.71. The van der Waals surface area contributed by atoms with E-state index in [0.717, 1.165) is 30.3 Å². The van der Waals surface area contributed by atoms with Gasteiger partial charge < -0.3 is 25.6 Å². The lowest BCUT2D eigenvalue weighted by molar-refractivity contribution is -0.153. The average molecular weight is 578 g/mol. The summed E-state index contributed by atoms with van der Waals surface area (Å²) in [5.41, 5.74) is 1.88. The monoisotopic (exact) mass is 577 g/mol. The van der Waals surface area contributed by atoms with E-state index in [9.17, 15) is 21.6 Å². The van der Waals surface area contributed by atoms with E-state index in [0.29, 0.717) is 44.0 Å². The maximum absolute atomic E-state index is 13.0. The van der Waals surface area contributed by atoms with Crippen LogP contribution in [0.5, 0.6) is 5.75 Å². The van der Waals surface area contributed by atoms with E-state index < -0.39 is 22.8 Å². The highest BCUT2D eigenvalue weighted by atomic mass is 35.5. The highest BCUT2D eigenvalue weighted by molar-refractivity contribution is 7.88. The first-order valence-electron chi connectivity index (χ1n) is 12.2. The lowest BCUT2D eigenvalue weighted by Crippen LogP contribution is -2.48. The molecule has 10 nitrogen and oxygen atoms in total. The molecule has 0 saturated heterocycles. The number of aromatic nitrogens is 2. The quantitative estimate of drug-likeness (QED) is 0.373. The number of sulfonamides is 1. The maximum Gasteiger partial charge on any atom is 0.422 e. The van der Waals surface area contributed by atoms with E-state index in [2.05, 4.69) is 30.6 Å². The fourth-order valence-corrected chi connectivity index (χ4v) is 5.57. The first-order chi connectivity index (χ1) is 17.9. The lowest BCUT2D eigenvalue weighted by atomic mass is 9.91. The zero-order chi connectivity index (χ0) is 27.5. The Balaban J connectivity index is 1.64. The van der Waals surface area contributed by atoms with Crippen LogP contribution < -0.4 is 30.3 Å². The molecule has 2 heterocycles. The summed E-state index contributed by atoms with van der Waals surface area (Å²) in [6.07, 6.45) is 1.17. The van der Waals surface area contributed by atoms with Gasteiger partial charge in [0.15, 0.2) is 12.4 Å². The number of nitrogens with one attached hydrogen (secondary N) is 4. The molecule has 1 aromatic carbocycles. The Morgan fingerprint density at radius 2 is 1.95 bits per heavy atom. The molecule has 0 radical (unpaired) electrons. The van der Waals surface area contributed by atoms with Gasteiger partial charge in [-0.2, -0.15) is 18.2 Å². The van der Waals surface area contributed by atoms with Gasteiger partial charge in [-0.3, -0.25) is 0 Å². The summed E-state index contributed by atoms with van der Waals surface area (Å²) in [5.74, 6) is 0.501. The Kier molecular flexibility index (Phi) is 8.75. The van der Waals surface area contributed by atoms with Gasteiger partial charge in [0, 0.05) is 44.5 Å². The molecule has 2 atom stereocenters. The first-order valence-corrected chi connectivity index (χ1v) is 14.5. The second kappa shape index (κ2) is 11.7. The minimum atomic E-state index is -4.51. The highest BCUT2D eigenvalue weighted by Crippen LogP contribution is 2.38. The summed E-state index contributed by atoms with van der Waals surface area (Å²) >= 11 is 6.38. The van der Waals surface area contributed by atoms with Gasteiger partial charge in [-0.15, -0.1) is 0 Å². The zero-order valence-electron chi connectivity index (χ0n) is 21.0. The van der Waals surface area contributed by atoms with Gasteiger partial charge in [0.2, 0.25) is 16.0 Å². The van der Waals surface area contributed by atoms with Crippen molar-refractivity contribution in [1.82, 2.24) is 20.0 Å². The predicted octanol–water partition coefficient (Wildman–Crippen LogP) is 3.63. The Morgan fingerprint density at radius 3 is 2.66 bits per heavy atom. The summed E-state index contributed by atoms with van der Waals surface area (Å²) in [5, 5.41) is 9.96. The predicted molar refractivity (Wildman–Crippen MR) is 141 cm³/mol. The van der Waals surface area contributed by atoms with Gasteiger partial charge >= 0.3 is 6.18 Å². The van der Waals surface area contributed by atoms with Crippen molar-refractivity contribution in [2.24, 2.45) is 0 Å². The molecule has 4 N–H and O–H groups in total. The van der Waals surface area contributed by atoms with Crippen LogP contribution in [0.4, 0.5) is 36.3 Å². The number of ether oxygens (including phenoxy) is 1. The molecule has 1 aliphatic carbocycles. The smallest absolute Gasteiger partial charge is 0.422 e. The molecule has 0 unspecified atom stereocenters. The molecule has 38 heavy (non-hydrogen) atoms. The van der Waals surface area contributed by atoms with Crippen LogP contribution in [0, 0.1) is 0 Å². The Bertz CT molecular complexity index is 1250. The number of fused-ring (bicyclic) bond motifs is 1. The van der Waals surface area contributed by atoms with Crippen molar-refractivity contribution in [2.45, 2.75) is 50.5 Å². The highest BCUT2D eigenvalue weighted by Gasteiger charge is 2.31. The van der Waals surface area contributed by atoms with Crippen LogP contribution in [-0.2, 0) is 16.6 Å². The summed E-state index contributed by atoms with van der Waals surface area (Å²) < 4.78 is 70.6. The summed E-state index contributed by atoms with van der Waals surface area (Å²) in [4.78, 5) is 10.4. The van der Waals surface area contributed by atoms with Crippen LogP contribution in [0.15, 0.2) is 18.3 Å². The van der Waals surface area contributed by atoms with Crippen LogP contribution in [-0.4, -0.2) is 69.6 Å². The summed E-state index contributed by atoms with van der Waals surface area (Å²) in [6.45, 7) is 0.376. The van der Waals surface area contributed by atoms with Crippen LogP contribution in [0.25, 0.3) is 0 Å². The Labute approximate surface area is 224 Å². The van der Waals surface area contributed by atoms with Crippen LogP contribution in [0.2, 0.25) is 5.02 Å². The molecule has 1 saturated carbocycles. The van der Waals surface area contributed by atoms with Crippen molar-refractivity contribution in [1.29, 1.82) is 0 Å². The third-order valence-electron chi connectivity index (χ3n) is 6.36. The Hall–Kier alpha value is -2.55. The molecule has 15 heteroatoms. The maximum atomic E-state index is 13.0. The lowest BCUT2D eigenvalue weighted by Gasteiger charge is -2.33. The number of nitrogens with zero attached hydrogens (tertiary/aromatic N) is 3. The fourth-order valence-electron chi connectivity index (χ4n) is 4.59. The molecule has 1 fully saturated rings. The average Bonchev–Trinajstić information content (AvgIpc) is 3.07. The number of hydrogen-bond acceptors (Lipinski definition) is 9. The third kappa shape index (κ3) is 7.52. The first kappa shape index (κ1) is 28.5. The number of halogens is 4. The van der Waals surface area contributed by atoms with Gasteiger partial charge in [0.25, 0.3) is 0 Å². The van der Waals surface area contributed by atoms with E-state index in [-0.39, 0.29) is 28.8 Å². The van der Waals surface area contributed by atoms with E-state index in [1.54, 1.807) is 19.2 Å². The van der Waals surface area contributed by atoms with E-state index in [1.807, 2.05) is 0 Å². The molecule has 1 aliphatic heterocycles. The Morgan fingerprint density at radius 1 is 1.21 bits per heavy atom. The molecule has 0 bridgehead atoms. The molecule has 0 spiro atoms. The van der Waals surface area contributed by atoms with E-state index >= 15 is 0 Å². The van der Waals surface area contributed by atoms with Crippen molar-refractivity contribution >= 4 is 44.8 Å². The molecule has 1 aromatic heterocycles. The summed E-state index contributed by atoms with van der Waals surface area (Å²) in [7, 11) is -1.79. The topological polar surface area (TPSA) is 121 Å².